The molecule has 0 saturated carbocycles. The third-order valence-electron chi connectivity index (χ3n) is 4.00. The van der Waals surface area contributed by atoms with Crippen LogP contribution in [0.1, 0.15) is 5.56 Å². The van der Waals surface area contributed by atoms with Crippen molar-refractivity contribution in [2.45, 2.75) is 6.54 Å². The van der Waals surface area contributed by atoms with Crippen LogP contribution in [0.25, 0.3) is 10.8 Å². The van der Waals surface area contributed by atoms with Gasteiger partial charge in [0.25, 0.3) is 0 Å². The second-order valence-corrected chi connectivity index (χ2v) is 6.53. The molecule has 0 bridgehead atoms. The van der Waals surface area contributed by atoms with Crippen molar-refractivity contribution in [2.75, 3.05) is 11.0 Å². The van der Waals surface area contributed by atoms with Gasteiger partial charge in [-0.1, -0.05) is 66.7 Å². The van der Waals surface area contributed by atoms with Crippen molar-refractivity contribution >= 4 is 33.6 Å². The van der Waals surface area contributed by atoms with Crippen molar-refractivity contribution in [2.24, 2.45) is 0 Å². The van der Waals surface area contributed by atoms with E-state index >= 15 is 0 Å². The predicted octanol–water partition coefficient (Wildman–Crippen LogP) is 4.89. The third-order valence-corrected chi connectivity index (χ3v) is 4.94. The third kappa shape index (κ3) is 2.78. The SMILES string of the molecule is O=C1SN(c2cccc3ccccc23)CN1Cc1ccccc1. The lowest BCUT2D eigenvalue weighted by Gasteiger charge is -2.19. The van der Waals surface area contributed by atoms with Crippen molar-refractivity contribution < 1.29 is 4.79 Å². The maximum absolute atomic E-state index is 12.3. The first kappa shape index (κ1) is 14.2. The molecule has 1 amide bonds. The van der Waals surface area contributed by atoms with Crippen LogP contribution in [0, 0.1) is 0 Å². The molecule has 23 heavy (non-hydrogen) atoms. The van der Waals surface area contributed by atoms with Crippen LogP contribution >= 0.6 is 11.9 Å². The van der Waals surface area contributed by atoms with Crippen LogP contribution in [0.15, 0.2) is 72.8 Å². The van der Waals surface area contributed by atoms with Gasteiger partial charge in [-0.05, 0) is 17.0 Å². The molecule has 3 aromatic carbocycles. The molecule has 1 fully saturated rings. The monoisotopic (exact) mass is 320 g/mol. The van der Waals surface area contributed by atoms with Crippen LogP contribution in [0.5, 0.6) is 0 Å². The Hall–Kier alpha value is -2.46. The minimum absolute atomic E-state index is 0.0989. The number of carbonyl (C=O) groups excluding carboxylic acids is 1. The van der Waals surface area contributed by atoms with Gasteiger partial charge in [-0.2, -0.15) is 0 Å². The number of hydrogen-bond acceptors (Lipinski definition) is 3. The lowest BCUT2D eigenvalue weighted by Crippen LogP contribution is -2.26. The number of amides is 1. The van der Waals surface area contributed by atoms with Crippen molar-refractivity contribution in [1.29, 1.82) is 0 Å². The van der Waals surface area contributed by atoms with E-state index < -0.39 is 0 Å². The van der Waals surface area contributed by atoms with Gasteiger partial charge in [0.15, 0.2) is 0 Å². The molecule has 0 spiro atoms. The molecule has 4 heteroatoms. The molecule has 1 saturated heterocycles. The first-order valence-corrected chi connectivity index (χ1v) is 8.35. The molecule has 0 aliphatic carbocycles. The van der Waals surface area contributed by atoms with Gasteiger partial charge in [-0.25, -0.2) is 0 Å². The van der Waals surface area contributed by atoms with Crippen LogP contribution in [-0.4, -0.2) is 16.8 Å². The van der Waals surface area contributed by atoms with E-state index in [1.807, 2.05) is 41.3 Å². The van der Waals surface area contributed by atoms with Crippen molar-refractivity contribution in [3.63, 3.8) is 0 Å². The summed E-state index contributed by atoms with van der Waals surface area (Å²) in [6.07, 6.45) is 0. The molecule has 0 unspecified atom stereocenters. The Kier molecular flexibility index (Phi) is 3.67. The molecule has 0 aromatic heterocycles. The second-order valence-electron chi connectivity index (χ2n) is 5.56. The van der Waals surface area contributed by atoms with Gasteiger partial charge in [0.05, 0.1) is 17.6 Å². The highest BCUT2D eigenvalue weighted by molar-refractivity contribution is 8.15. The first-order valence-electron chi connectivity index (χ1n) is 7.57. The van der Waals surface area contributed by atoms with Crippen LogP contribution < -0.4 is 4.31 Å². The topological polar surface area (TPSA) is 23.6 Å². The Balaban J connectivity index is 1.60. The molecule has 0 atom stereocenters. The lowest BCUT2D eigenvalue weighted by atomic mass is 10.1. The zero-order chi connectivity index (χ0) is 15.6. The molecule has 0 N–H and O–H groups in total. The molecule has 1 aliphatic heterocycles. The van der Waals surface area contributed by atoms with Crippen LogP contribution in [0.4, 0.5) is 10.5 Å². The molecule has 0 radical (unpaired) electrons. The van der Waals surface area contributed by atoms with E-state index in [0.29, 0.717) is 13.2 Å². The van der Waals surface area contributed by atoms with Gasteiger partial charge in [0.1, 0.15) is 6.67 Å². The Morgan fingerprint density at radius 1 is 0.870 bits per heavy atom. The van der Waals surface area contributed by atoms with Crippen LogP contribution in [0.2, 0.25) is 0 Å². The molecular weight excluding hydrogens is 304 g/mol. The molecule has 3 nitrogen and oxygen atoms in total. The number of carbonyl (C=O) groups is 1. The highest BCUT2D eigenvalue weighted by Gasteiger charge is 2.29. The molecule has 4 rings (SSSR count). The number of rotatable bonds is 3. The van der Waals surface area contributed by atoms with Gasteiger partial charge in [0.2, 0.25) is 0 Å². The summed E-state index contributed by atoms with van der Waals surface area (Å²) < 4.78 is 2.08. The van der Waals surface area contributed by atoms with Crippen LogP contribution in [0.3, 0.4) is 0 Å². The van der Waals surface area contributed by atoms with E-state index in [4.69, 9.17) is 0 Å². The number of nitrogens with zero attached hydrogens (tertiary/aromatic N) is 2. The minimum Gasteiger partial charge on any atom is -0.309 e. The summed E-state index contributed by atoms with van der Waals surface area (Å²) in [6.45, 7) is 1.25. The number of fused-ring (bicyclic) bond motifs is 1. The summed E-state index contributed by atoms with van der Waals surface area (Å²) in [5.41, 5.74) is 2.25. The van der Waals surface area contributed by atoms with E-state index in [1.165, 1.54) is 22.7 Å². The van der Waals surface area contributed by atoms with Gasteiger partial charge in [-0.3, -0.25) is 9.10 Å². The van der Waals surface area contributed by atoms with Crippen molar-refractivity contribution in [3.8, 4) is 0 Å². The Morgan fingerprint density at radius 2 is 1.61 bits per heavy atom. The second kappa shape index (κ2) is 5.97. The average molecular weight is 320 g/mol. The Morgan fingerprint density at radius 3 is 2.48 bits per heavy atom. The molecule has 1 aliphatic rings. The van der Waals surface area contributed by atoms with E-state index in [1.54, 1.807) is 0 Å². The summed E-state index contributed by atoms with van der Waals surface area (Å²) in [5.74, 6) is 0. The fourth-order valence-electron chi connectivity index (χ4n) is 2.86. The van der Waals surface area contributed by atoms with E-state index in [2.05, 4.69) is 40.7 Å². The number of hydrogen-bond donors (Lipinski definition) is 0. The van der Waals surface area contributed by atoms with Gasteiger partial charge >= 0.3 is 5.24 Å². The zero-order valence-corrected chi connectivity index (χ0v) is 13.4. The Labute approximate surface area is 139 Å². The smallest absolute Gasteiger partial charge is 0.304 e. The Bertz CT molecular complexity index is 845. The average Bonchev–Trinajstić information content (AvgIpc) is 2.96. The van der Waals surface area contributed by atoms with Gasteiger partial charge in [0, 0.05) is 11.9 Å². The molecule has 114 valence electrons. The van der Waals surface area contributed by atoms with E-state index in [0.717, 1.165) is 11.3 Å². The highest BCUT2D eigenvalue weighted by atomic mass is 32.2. The number of anilines is 1. The van der Waals surface area contributed by atoms with Crippen molar-refractivity contribution in [3.05, 3.63) is 78.4 Å². The lowest BCUT2D eigenvalue weighted by molar-refractivity contribution is 0.227. The standard InChI is InChI=1S/C19H16N2OS/c22-19-20(13-15-7-2-1-3-8-15)14-21(23-19)18-12-6-10-16-9-4-5-11-17(16)18/h1-12H,13-14H2. The van der Waals surface area contributed by atoms with Gasteiger partial charge in [-0.15, -0.1) is 0 Å². The fraction of sp³-hybridized carbons (Fsp3) is 0.105. The fourth-order valence-corrected chi connectivity index (χ4v) is 3.74. The summed E-state index contributed by atoms with van der Waals surface area (Å²) in [6, 6.07) is 24.6. The van der Waals surface area contributed by atoms with E-state index in [9.17, 15) is 4.79 Å². The molecular formula is C19H16N2OS. The normalized spacial score (nSPS) is 14.7. The maximum Gasteiger partial charge on any atom is 0.304 e. The summed E-state index contributed by atoms with van der Waals surface area (Å²) in [7, 11) is 0. The summed E-state index contributed by atoms with van der Waals surface area (Å²) >= 11 is 1.28. The molecule has 1 heterocycles. The highest BCUT2D eigenvalue weighted by Crippen LogP contribution is 2.36. The predicted molar refractivity (Wildman–Crippen MR) is 96.3 cm³/mol. The summed E-state index contributed by atoms with van der Waals surface area (Å²) in [5, 5.41) is 2.47. The van der Waals surface area contributed by atoms with Crippen LogP contribution in [-0.2, 0) is 6.54 Å². The van der Waals surface area contributed by atoms with Gasteiger partial charge < -0.3 is 4.90 Å². The quantitative estimate of drug-likeness (QED) is 0.642. The summed E-state index contributed by atoms with van der Waals surface area (Å²) in [4.78, 5) is 14.2. The number of benzene rings is 3. The minimum atomic E-state index is 0.0989. The van der Waals surface area contributed by atoms with E-state index in [-0.39, 0.29) is 5.24 Å². The largest absolute Gasteiger partial charge is 0.309 e. The maximum atomic E-state index is 12.3. The first-order chi connectivity index (χ1) is 11.3. The molecule has 3 aromatic rings. The van der Waals surface area contributed by atoms with Crippen molar-refractivity contribution in [1.82, 2.24) is 4.90 Å². The zero-order valence-electron chi connectivity index (χ0n) is 12.6.